The van der Waals surface area contributed by atoms with Crippen LogP contribution in [-0.4, -0.2) is 48.2 Å². The van der Waals surface area contributed by atoms with Crippen molar-refractivity contribution in [1.29, 1.82) is 0 Å². The minimum Gasteiger partial charge on any atom is -0.334 e. The molecule has 1 amide bonds. The number of aromatic nitrogens is 5. The maximum absolute atomic E-state index is 13.1. The zero-order valence-corrected chi connectivity index (χ0v) is 16.7. The average molecular weight is 382 g/mol. The number of benzene rings is 1. The molecule has 0 atom stereocenters. The molecule has 0 aliphatic carbocycles. The second kappa shape index (κ2) is 6.84. The lowest BCUT2D eigenvalue weighted by molar-refractivity contribution is 0.0733. The first-order valence-electron chi connectivity index (χ1n) is 8.84. The van der Waals surface area contributed by atoms with Gasteiger partial charge in [0, 0.05) is 43.9 Å². The van der Waals surface area contributed by atoms with E-state index in [0.717, 1.165) is 45.5 Å². The molecule has 7 nitrogen and oxygen atoms in total. The van der Waals surface area contributed by atoms with Crippen LogP contribution in [0.25, 0.3) is 11.5 Å². The first-order valence-corrected chi connectivity index (χ1v) is 10.1. The van der Waals surface area contributed by atoms with E-state index >= 15 is 0 Å². The Morgan fingerprint density at radius 3 is 2.67 bits per heavy atom. The molecule has 1 aromatic carbocycles. The Balaban J connectivity index is 1.71. The van der Waals surface area contributed by atoms with Crippen LogP contribution in [0.2, 0.25) is 0 Å². The van der Waals surface area contributed by atoms with Gasteiger partial charge in [-0.1, -0.05) is 30.0 Å². The second-order valence-corrected chi connectivity index (χ2v) is 7.53. The molecule has 0 radical (unpaired) electrons. The fourth-order valence-corrected chi connectivity index (χ4v) is 4.11. The Kier molecular flexibility index (Phi) is 4.51. The molecule has 0 spiro atoms. The maximum atomic E-state index is 13.1. The third-order valence-electron chi connectivity index (χ3n) is 5.13. The fraction of sp³-hybridized carbons (Fsp3) is 0.368. The molecule has 1 aliphatic heterocycles. The Bertz CT molecular complexity index is 1020. The second-order valence-electron chi connectivity index (χ2n) is 6.76. The van der Waals surface area contributed by atoms with Crippen LogP contribution in [-0.2, 0) is 27.1 Å². The summed E-state index contributed by atoms with van der Waals surface area (Å²) in [7, 11) is 3.90. The van der Waals surface area contributed by atoms with E-state index < -0.39 is 0 Å². The normalized spacial score (nSPS) is 13.7. The van der Waals surface area contributed by atoms with E-state index in [9.17, 15) is 4.79 Å². The maximum Gasteiger partial charge on any atom is 0.254 e. The van der Waals surface area contributed by atoms with Gasteiger partial charge in [-0.15, -0.1) is 10.2 Å². The molecule has 0 bridgehead atoms. The molecule has 0 N–H and O–H groups in total. The smallest absolute Gasteiger partial charge is 0.254 e. The highest BCUT2D eigenvalue weighted by Gasteiger charge is 2.30. The standard InChI is InChI=1S/C19H22N6OS/c1-12-7-5-6-8-13(12)18(26)25-10-9-15-14(11-25)16(22-24(15)3)17-20-21-19(27-4)23(17)2/h5-8H,9-11H2,1-4H3. The van der Waals surface area contributed by atoms with Gasteiger partial charge in [0.2, 0.25) is 0 Å². The average Bonchev–Trinajstić information content (AvgIpc) is 3.20. The summed E-state index contributed by atoms with van der Waals surface area (Å²) >= 11 is 1.55. The summed E-state index contributed by atoms with van der Waals surface area (Å²) in [6, 6.07) is 7.73. The van der Waals surface area contributed by atoms with Crippen molar-refractivity contribution >= 4 is 17.7 Å². The number of nitrogens with zero attached hydrogens (tertiary/aromatic N) is 6. The van der Waals surface area contributed by atoms with Crippen molar-refractivity contribution in [2.45, 2.75) is 25.0 Å². The number of aryl methyl sites for hydroxylation is 2. The predicted octanol–water partition coefficient (Wildman–Crippen LogP) is 2.44. The summed E-state index contributed by atoms with van der Waals surface area (Å²) in [5.74, 6) is 0.803. The lowest BCUT2D eigenvalue weighted by Crippen LogP contribution is -2.36. The van der Waals surface area contributed by atoms with Crippen LogP contribution < -0.4 is 0 Å². The van der Waals surface area contributed by atoms with Crippen molar-refractivity contribution in [1.82, 2.24) is 29.4 Å². The summed E-state index contributed by atoms with van der Waals surface area (Å²) in [6.07, 6.45) is 2.76. The molecule has 4 rings (SSSR count). The molecule has 140 valence electrons. The summed E-state index contributed by atoms with van der Waals surface area (Å²) in [5.41, 5.74) is 4.79. The number of carbonyl (C=O) groups is 1. The number of thioether (sulfide) groups is 1. The number of fused-ring (bicyclic) bond motifs is 1. The lowest BCUT2D eigenvalue weighted by atomic mass is 10.0. The summed E-state index contributed by atoms with van der Waals surface area (Å²) < 4.78 is 3.86. The SMILES string of the molecule is CSc1nnc(-c2nn(C)c3c2CN(C(=O)c2ccccc2C)CC3)n1C. The van der Waals surface area contributed by atoms with E-state index in [-0.39, 0.29) is 5.91 Å². The van der Waals surface area contributed by atoms with Gasteiger partial charge in [0.25, 0.3) is 5.91 Å². The molecule has 0 saturated carbocycles. The van der Waals surface area contributed by atoms with Gasteiger partial charge in [-0.25, -0.2) is 0 Å². The molecule has 3 aromatic rings. The Labute approximate surface area is 162 Å². The highest BCUT2D eigenvalue weighted by Crippen LogP contribution is 2.30. The van der Waals surface area contributed by atoms with E-state index in [0.29, 0.717) is 13.1 Å². The first kappa shape index (κ1) is 17.8. The van der Waals surface area contributed by atoms with Crippen LogP contribution in [0, 0.1) is 6.92 Å². The molecule has 3 heterocycles. The molecule has 0 saturated heterocycles. The van der Waals surface area contributed by atoms with Crippen LogP contribution in [0.15, 0.2) is 29.4 Å². The third kappa shape index (κ3) is 2.93. The lowest BCUT2D eigenvalue weighted by Gasteiger charge is -2.28. The summed E-state index contributed by atoms with van der Waals surface area (Å²) in [4.78, 5) is 15.0. The van der Waals surface area contributed by atoms with Gasteiger partial charge in [0.1, 0.15) is 5.69 Å². The van der Waals surface area contributed by atoms with Crippen molar-refractivity contribution < 1.29 is 4.79 Å². The third-order valence-corrected chi connectivity index (χ3v) is 5.85. The van der Waals surface area contributed by atoms with Crippen LogP contribution in [0.1, 0.15) is 27.2 Å². The van der Waals surface area contributed by atoms with E-state index in [1.54, 1.807) is 11.8 Å². The van der Waals surface area contributed by atoms with Crippen LogP contribution in [0.3, 0.4) is 0 Å². The van der Waals surface area contributed by atoms with Crippen LogP contribution in [0.4, 0.5) is 0 Å². The molecular formula is C19H22N6OS. The Morgan fingerprint density at radius 2 is 1.96 bits per heavy atom. The topological polar surface area (TPSA) is 68.8 Å². The van der Waals surface area contributed by atoms with Gasteiger partial charge in [0.05, 0.1) is 6.54 Å². The van der Waals surface area contributed by atoms with Crippen LogP contribution >= 0.6 is 11.8 Å². The Hall–Kier alpha value is -2.61. The van der Waals surface area contributed by atoms with Gasteiger partial charge < -0.3 is 9.47 Å². The fourth-order valence-electron chi connectivity index (χ4n) is 3.63. The zero-order chi connectivity index (χ0) is 19.1. The molecule has 0 unspecified atom stereocenters. The van der Waals surface area contributed by atoms with Crippen molar-refractivity contribution in [3.63, 3.8) is 0 Å². The summed E-state index contributed by atoms with van der Waals surface area (Å²) in [5, 5.41) is 14.1. The molecular weight excluding hydrogens is 360 g/mol. The molecule has 1 aliphatic rings. The van der Waals surface area contributed by atoms with Crippen molar-refractivity contribution in [2.75, 3.05) is 12.8 Å². The quantitative estimate of drug-likeness (QED) is 0.651. The number of hydrogen-bond donors (Lipinski definition) is 0. The molecule has 27 heavy (non-hydrogen) atoms. The minimum absolute atomic E-state index is 0.0660. The van der Waals surface area contributed by atoms with Crippen molar-refractivity contribution in [3.05, 3.63) is 46.6 Å². The van der Waals surface area contributed by atoms with E-state index in [1.165, 1.54) is 0 Å². The van der Waals surface area contributed by atoms with Crippen molar-refractivity contribution in [2.24, 2.45) is 14.1 Å². The number of rotatable bonds is 3. The van der Waals surface area contributed by atoms with Gasteiger partial charge in [-0.05, 0) is 24.8 Å². The van der Waals surface area contributed by atoms with Gasteiger partial charge in [-0.3, -0.25) is 9.48 Å². The van der Waals surface area contributed by atoms with E-state index in [2.05, 4.69) is 10.2 Å². The van der Waals surface area contributed by atoms with E-state index in [4.69, 9.17) is 5.10 Å². The Morgan fingerprint density at radius 1 is 1.19 bits per heavy atom. The molecule has 2 aromatic heterocycles. The first-order chi connectivity index (χ1) is 13.0. The van der Waals surface area contributed by atoms with Gasteiger partial charge in [-0.2, -0.15) is 5.10 Å². The van der Waals surface area contributed by atoms with Crippen molar-refractivity contribution in [3.8, 4) is 11.5 Å². The zero-order valence-electron chi connectivity index (χ0n) is 15.9. The molecule has 0 fully saturated rings. The summed E-state index contributed by atoms with van der Waals surface area (Å²) in [6.45, 7) is 3.20. The van der Waals surface area contributed by atoms with Crippen LogP contribution in [0.5, 0.6) is 0 Å². The highest BCUT2D eigenvalue weighted by molar-refractivity contribution is 7.98. The monoisotopic (exact) mass is 382 g/mol. The number of hydrogen-bond acceptors (Lipinski definition) is 5. The van der Waals surface area contributed by atoms with E-state index in [1.807, 2.05) is 65.7 Å². The van der Waals surface area contributed by atoms with Gasteiger partial charge >= 0.3 is 0 Å². The predicted molar refractivity (Wildman–Crippen MR) is 105 cm³/mol. The minimum atomic E-state index is 0.0660. The largest absolute Gasteiger partial charge is 0.334 e. The van der Waals surface area contributed by atoms with Gasteiger partial charge in [0.15, 0.2) is 11.0 Å². The number of amides is 1. The highest BCUT2D eigenvalue weighted by atomic mass is 32.2. The number of carbonyl (C=O) groups excluding carboxylic acids is 1. The molecule has 8 heteroatoms.